The first-order chi connectivity index (χ1) is 8.29. The van der Waals surface area contributed by atoms with Gasteiger partial charge in [-0.3, -0.25) is 0 Å². The van der Waals surface area contributed by atoms with E-state index in [1.807, 2.05) is 12.1 Å². The smallest absolute Gasteiger partial charge is 0.338 e. The Bertz CT molecular complexity index is 368. The third-order valence-electron chi connectivity index (χ3n) is 2.44. The third kappa shape index (κ3) is 3.84. The van der Waals surface area contributed by atoms with Crippen molar-refractivity contribution in [1.29, 1.82) is 0 Å². The van der Waals surface area contributed by atoms with Crippen LogP contribution in [0.4, 0.5) is 0 Å². The van der Waals surface area contributed by atoms with Gasteiger partial charge in [0.05, 0.1) is 32.0 Å². The second kappa shape index (κ2) is 5.80. The third-order valence-corrected chi connectivity index (χ3v) is 2.44. The molecular weight excluding hydrogens is 220 g/mol. The molecule has 17 heavy (non-hydrogen) atoms. The highest BCUT2D eigenvalue weighted by Gasteiger charge is 2.22. The number of esters is 1. The highest BCUT2D eigenvalue weighted by atomic mass is 16.6. The molecule has 4 nitrogen and oxygen atoms in total. The van der Waals surface area contributed by atoms with Crippen LogP contribution in [0.5, 0.6) is 0 Å². The van der Waals surface area contributed by atoms with Crippen LogP contribution >= 0.6 is 0 Å². The van der Waals surface area contributed by atoms with Crippen molar-refractivity contribution in [3.05, 3.63) is 35.4 Å². The molecule has 0 radical (unpaired) electrons. The normalized spacial score (nSPS) is 17.8. The fourth-order valence-electron chi connectivity index (χ4n) is 1.42. The lowest BCUT2D eigenvalue weighted by Gasteiger charge is -2.04. The first kappa shape index (κ1) is 12.1. The highest BCUT2D eigenvalue weighted by Crippen LogP contribution is 2.11. The summed E-state index contributed by atoms with van der Waals surface area (Å²) >= 11 is 0. The van der Waals surface area contributed by atoms with Crippen molar-refractivity contribution in [3.8, 4) is 0 Å². The number of hydrogen-bond acceptors (Lipinski definition) is 4. The molecule has 4 heteroatoms. The van der Waals surface area contributed by atoms with Crippen LogP contribution in [-0.4, -0.2) is 31.9 Å². The summed E-state index contributed by atoms with van der Waals surface area (Å²) in [6.45, 7) is 4.18. The monoisotopic (exact) mass is 236 g/mol. The lowest BCUT2D eigenvalue weighted by atomic mass is 10.1. The van der Waals surface area contributed by atoms with Crippen molar-refractivity contribution in [2.45, 2.75) is 19.6 Å². The number of rotatable bonds is 6. The Morgan fingerprint density at radius 1 is 1.41 bits per heavy atom. The molecule has 1 aromatic carbocycles. The number of epoxide rings is 1. The summed E-state index contributed by atoms with van der Waals surface area (Å²) in [4.78, 5) is 11.4. The van der Waals surface area contributed by atoms with Crippen molar-refractivity contribution in [1.82, 2.24) is 0 Å². The molecule has 1 heterocycles. The average molecular weight is 236 g/mol. The minimum Gasteiger partial charge on any atom is -0.462 e. The lowest BCUT2D eigenvalue weighted by Crippen LogP contribution is -2.05. The Labute approximate surface area is 100 Å². The molecule has 2 rings (SSSR count). The first-order valence-electron chi connectivity index (χ1n) is 5.75. The Morgan fingerprint density at radius 2 is 2.12 bits per heavy atom. The molecule has 1 fully saturated rings. The minimum atomic E-state index is -0.286. The molecule has 1 aliphatic heterocycles. The molecule has 0 amide bonds. The van der Waals surface area contributed by atoms with Gasteiger partial charge in [0, 0.05) is 0 Å². The maximum Gasteiger partial charge on any atom is 0.338 e. The highest BCUT2D eigenvalue weighted by molar-refractivity contribution is 5.89. The zero-order chi connectivity index (χ0) is 12.1. The number of carbonyl (C=O) groups is 1. The van der Waals surface area contributed by atoms with Crippen molar-refractivity contribution < 1.29 is 19.0 Å². The van der Waals surface area contributed by atoms with Crippen LogP contribution < -0.4 is 0 Å². The maximum absolute atomic E-state index is 11.4. The summed E-state index contributed by atoms with van der Waals surface area (Å²) < 4.78 is 15.4. The minimum absolute atomic E-state index is 0.286. The van der Waals surface area contributed by atoms with Crippen LogP contribution in [0.2, 0.25) is 0 Å². The number of carbonyl (C=O) groups excluding carboxylic acids is 1. The largest absolute Gasteiger partial charge is 0.462 e. The summed E-state index contributed by atoms with van der Waals surface area (Å²) in [6, 6.07) is 7.26. The van der Waals surface area contributed by atoms with Gasteiger partial charge in [0.1, 0.15) is 6.10 Å². The number of hydrogen-bond donors (Lipinski definition) is 0. The quantitative estimate of drug-likeness (QED) is 0.558. The molecule has 1 aromatic rings. The second-order valence-electron chi connectivity index (χ2n) is 3.89. The van der Waals surface area contributed by atoms with E-state index < -0.39 is 0 Å². The van der Waals surface area contributed by atoms with Crippen LogP contribution in [0.3, 0.4) is 0 Å². The van der Waals surface area contributed by atoms with Crippen LogP contribution in [-0.2, 0) is 20.8 Å². The number of benzene rings is 1. The molecule has 0 N–H and O–H groups in total. The lowest BCUT2D eigenvalue weighted by molar-refractivity contribution is 0.0526. The van der Waals surface area contributed by atoms with Crippen molar-refractivity contribution >= 4 is 5.97 Å². The van der Waals surface area contributed by atoms with Gasteiger partial charge in [-0.05, 0) is 24.6 Å². The molecule has 0 spiro atoms. The van der Waals surface area contributed by atoms with E-state index in [1.54, 1.807) is 19.1 Å². The fourth-order valence-corrected chi connectivity index (χ4v) is 1.42. The Kier molecular flexibility index (Phi) is 4.12. The van der Waals surface area contributed by atoms with E-state index in [0.717, 1.165) is 12.2 Å². The van der Waals surface area contributed by atoms with Gasteiger partial charge >= 0.3 is 5.97 Å². The van der Waals surface area contributed by atoms with Crippen LogP contribution in [0.1, 0.15) is 22.8 Å². The topological polar surface area (TPSA) is 48.1 Å². The summed E-state index contributed by atoms with van der Waals surface area (Å²) in [5.74, 6) is -0.286. The molecular formula is C13H16O4. The van der Waals surface area contributed by atoms with E-state index >= 15 is 0 Å². The van der Waals surface area contributed by atoms with Crippen molar-refractivity contribution in [3.63, 3.8) is 0 Å². The van der Waals surface area contributed by atoms with E-state index in [1.165, 1.54) is 0 Å². The predicted octanol–water partition coefficient (Wildman–Crippen LogP) is 1.78. The molecule has 1 atom stereocenters. The average Bonchev–Trinajstić information content (AvgIpc) is 3.14. The summed E-state index contributed by atoms with van der Waals surface area (Å²) in [6.07, 6.45) is 0.286. The zero-order valence-corrected chi connectivity index (χ0v) is 9.85. The van der Waals surface area contributed by atoms with Gasteiger partial charge in [-0.25, -0.2) is 4.79 Å². The molecule has 0 bridgehead atoms. The Balaban J connectivity index is 1.81. The van der Waals surface area contributed by atoms with E-state index in [0.29, 0.717) is 25.4 Å². The van der Waals surface area contributed by atoms with Crippen LogP contribution in [0.15, 0.2) is 24.3 Å². The summed E-state index contributed by atoms with van der Waals surface area (Å²) in [5, 5.41) is 0. The van der Waals surface area contributed by atoms with Crippen molar-refractivity contribution in [2.75, 3.05) is 19.8 Å². The fraction of sp³-hybridized carbons (Fsp3) is 0.462. The molecule has 1 saturated heterocycles. The van der Waals surface area contributed by atoms with Gasteiger partial charge in [-0.2, -0.15) is 0 Å². The zero-order valence-electron chi connectivity index (χ0n) is 9.85. The van der Waals surface area contributed by atoms with E-state index in [2.05, 4.69) is 0 Å². The van der Waals surface area contributed by atoms with Gasteiger partial charge in [-0.15, -0.1) is 0 Å². The number of ether oxygens (including phenoxy) is 3. The standard InChI is InChI=1S/C13H16O4/c1-2-16-13(14)11-5-3-10(4-6-11)7-15-8-12-9-17-12/h3-6,12H,2,7-9H2,1H3. The molecule has 0 aromatic heterocycles. The van der Waals surface area contributed by atoms with Crippen LogP contribution in [0, 0.1) is 0 Å². The molecule has 1 aliphatic rings. The van der Waals surface area contributed by atoms with Gasteiger partial charge in [0.2, 0.25) is 0 Å². The molecule has 92 valence electrons. The SMILES string of the molecule is CCOC(=O)c1ccc(COCC2CO2)cc1. The molecule has 0 saturated carbocycles. The molecule has 0 aliphatic carbocycles. The predicted molar refractivity (Wildman–Crippen MR) is 61.8 cm³/mol. The van der Waals surface area contributed by atoms with Gasteiger partial charge in [0.15, 0.2) is 0 Å². The Morgan fingerprint density at radius 3 is 2.71 bits per heavy atom. The van der Waals surface area contributed by atoms with Gasteiger partial charge in [0.25, 0.3) is 0 Å². The summed E-state index contributed by atoms with van der Waals surface area (Å²) in [5.41, 5.74) is 1.61. The van der Waals surface area contributed by atoms with Gasteiger partial charge < -0.3 is 14.2 Å². The second-order valence-corrected chi connectivity index (χ2v) is 3.89. The Hall–Kier alpha value is -1.39. The van der Waals surface area contributed by atoms with E-state index in [-0.39, 0.29) is 12.1 Å². The maximum atomic E-state index is 11.4. The van der Waals surface area contributed by atoms with Crippen molar-refractivity contribution in [2.24, 2.45) is 0 Å². The van der Waals surface area contributed by atoms with Gasteiger partial charge in [-0.1, -0.05) is 12.1 Å². The van der Waals surface area contributed by atoms with E-state index in [9.17, 15) is 4.79 Å². The van der Waals surface area contributed by atoms with E-state index in [4.69, 9.17) is 14.2 Å². The molecule has 1 unspecified atom stereocenters. The summed E-state index contributed by atoms with van der Waals surface area (Å²) in [7, 11) is 0. The first-order valence-corrected chi connectivity index (χ1v) is 5.75. The van der Waals surface area contributed by atoms with Crippen LogP contribution in [0.25, 0.3) is 0 Å².